The Balaban J connectivity index is 2.57. The lowest BCUT2D eigenvalue weighted by Crippen LogP contribution is -2.44. The fourth-order valence-electron chi connectivity index (χ4n) is 2.64. The molecule has 0 saturated carbocycles. The van der Waals surface area contributed by atoms with Gasteiger partial charge in [-0.3, -0.25) is 14.9 Å². The molecular weight excluding hydrogens is 344 g/mol. The molecule has 144 valence electrons. The second-order valence-corrected chi connectivity index (χ2v) is 8.66. The highest BCUT2D eigenvalue weighted by Crippen LogP contribution is 2.27. The molecule has 0 bridgehead atoms. The van der Waals surface area contributed by atoms with Gasteiger partial charge in [-0.15, -0.1) is 11.8 Å². The van der Waals surface area contributed by atoms with E-state index < -0.39 is 17.6 Å². The van der Waals surface area contributed by atoms with Crippen LogP contribution in [-0.4, -0.2) is 53.8 Å². The van der Waals surface area contributed by atoms with E-state index in [4.69, 9.17) is 9.47 Å². The van der Waals surface area contributed by atoms with E-state index in [1.807, 2.05) is 6.92 Å². The summed E-state index contributed by atoms with van der Waals surface area (Å²) in [5.41, 5.74) is -0.604. The zero-order valence-corrected chi connectivity index (χ0v) is 16.7. The molecule has 4 atom stereocenters. The molecule has 1 unspecified atom stereocenters. The van der Waals surface area contributed by atoms with E-state index in [1.165, 1.54) is 14.0 Å². The summed E-state index contributed by atoms with van der Waals surface area (Å²) >= 11 is 1.67. The highest BCUT2D eigenvalue weighted by Gasteiger charge is 2.33. The number of esters is 2. The van der Waals surface area contributed by atoms with E-state index in [0.29, 0.717) is 12.2 Å². The minimum Gasteiger partial charge on any atom is -0.468 e. The normalized spacial score (nSPS) is 22.8. The van der Waals surface area contributed by atoms with Crippen molar-refractivity contribution in [3.05, 3.63) is 0 Å². The molecule has 0 spiro atoms. The summed E-state index contributed by atoms with van der Waals surface area (Å²) < 4.78 is 10.1. The molecule has 1 saturated heterocycles. The summed E-state index contributed by atoms with van der Waals surface area (Å²) in [5, 5.41) is 6.04. The number of carbonyl (C=O) groups excluding carboxylic acids is 3. The number of amides is 1. The summed E-state index contributed by atoms with van der Waals surface area (Å²) in [6.07, 6.45) is 1.26. The van der Waals surface area contributed by atoms with E-state index in [0.717, 1.165) is 6.42 Å². The van der Waals surface area contributed by atoms with Crippen molar-refractivity contribution in [2.24, 2.45) is 5.92 Å². The highest BCUT2D eigenvalue weighted by atomic mass is 32.2. The highest BCUT2D eigenvalue weighted by molar-refractivity contribution is 8.00. The van der Waals surface area contributed by atoms with Crippen molar-refractivity contribution < 1.29 is 23.9 Å². The zero-order chi connectivity index (χ0) is 19.2. The van der Waals surface area contributed by atoms with Crippen LogP contribution in [0.15, 0.2) is 0 Å². The van der Waals surface area contributed by atoms with Gasteiger partial charge in [0.15, 0.2) is 0 Å². The summed E-state index contributed by atoms with van der Waals surface area (Å²) in [7, 11) is 1.38. The first-order valence-corrected chi connectivity index (χ1v) is 9.52. The molecule has 0 aromatic carbocycles. The Morgan fingerprint density at radius 3 is 2.48 bits per heavy atom. The molecule has 7 nitrogen and oxygen atoms in total. The van der Waals surface area contributed by atoms with Crippen LogP contribution in [-0.2, 0) is 23.9 Å². The van der Waals surface area contributed by atoms with Crippen molar-refractivity contribution in [3.8, 4) is 0 Å². The summed E-state index contributed by atoms with van der Waals surface area (Å²) in [4.78, 5) is 35.3. The second kappa shape index (κ2) is 9.43. The molecule has 0 aromatic rings. The van der Waals surface area contributed by atoms with E-state index >= 15 is 0 Å². The third-order valence-electron chi connectivity index (χ3n) is 3.66. The van der Waals surface area contributed by atoms with Crippen LogP contribution in [0.1, 0.15) is 47.5 Å². The Morgan fingerprint density at radius 2 is 1.96 bits per heavy atom. The van der Waals surface area contributed by atoms with Crippen molar-refractivity contribution in [1.82, 2.24) is 10.6 Å². The van der Waals surface area contributed by atoms with Crippen LogP contribution in [0, 0.1) is 5.92 Å². The van der Waals surface area contributed by atoms with E-state index in [-0.39, 0.29) is 29.2 Å². The molecule has 0 aromatic heterocycles. The van der Waals surface area contributed by atoms with E-state index in [9.17, 15) is 14.4 Å². The van der Waals surface area contributed by atoms with Crippen LogP contribution in [0.3, 0.4) is 0 Å². The van der Waals surface area contributed by atoms with Gasteiger partial charge in [-0.05, 0) is 39.5 Å². The fraction of sp³-hybridized carbons (Fsp3) is 0.824. The van der Waals surface area contributed by atoms with Crippen LogP contribution >= 0.6 is 11.8 Å². The van der Waals surface area contributed by atoms with Gasteiger partial charge in [0.2, 0.25) is 5.91 Å². The monoisotopic (exact) mass is 374 g/mol. The molecule has 1 fully saturated rings. The van der Waals surface area contributed by atoms with Gasteiger partial charge in [-0.1, -0.05) is 6.92 Å². The van der Waals surface area contributed by atoms with E-state index in [1.54, 1.807) is 32.5 Å². The van der Waals surface area contributed by atoms with Gasteiger partial charge in [0.05, 0.1) is 12.5 Å². The predicted octanol–water partition coefficient (Wildman–Crippen LogP) is 1.45. The van der Waals surface area contributed by atoms with Crippen LogP contribution in [0.25, 0.3) is 0 Å². The average molecular weight is 375 g/mol. The molecule has 1 amide bonds. The van der Waals surface area contributed by atoms with Crippen LogP contribution in [0.2, 0.25) is 0 Å². The minimum atomic E-state index is -0.672. The largest absolute Gasteiger partial charge is 0.468 e. The quantitative estimate of drug-likeness (QED) is 0.652. The van der Waals surface area contributed by atoms with Gasteiger partial charge in [-0.2, -0.15) is 0 Å². The summed E-state index contributed by atoms with van der Waals surface area (Å²) in [6.45, 7) is 8.80. The first kappa shape index (κ1) is 21.8. The lowest BCUT2D eigenvalue weighted by Gasteiger charge is -2.26. The SMILES string of the molecule is COC(=O)[C@@H]1CSC(C[C@@H](C)C[C@H](NC(C)=O)C(=O)OC(C)(C)C)N1. The zero-order valence-electron chi connectivity index (χ0n) is 15.9. The number of carbonyl (C=O) groups is 3. The molecule has 1 aliphatic heterocycles. The van der Waals surface area contributed by atoms with Crippen LogP contribution in [0.4, 0.5) is 0 Å². The van der Waals surface area contributed by atoms with Gasteiger partial charge in [0, 0.05) is 12.7 Å². The van der Waals surface area contributed by atoms with Crippen LogP contribution < -0.4 is 10.6 Å². The van der Waals surface area contributed by atoms with Crippen molar-refractivity contribution in [2.45, 2.75) is 70.5 Å². The molecule has 25 heavy (non-hydrogen) atoms. The second-order valence-electron chi connectivity index (χ2n) is 7.43. The van der Waals surface area contributed by atoms with Gasteiger partial charge >= 0.3 is 11.9 Å². The van der Waals surface area contributed by atoms with Crippen molar-refractivity contribution in [2.75, 3.05) is 12.9 Å². The maximum Gasteiger partial charge on any atom is 0.329 e. The topological polar surface area (TPSA) is 93.7 Å². The molecule has 0 radical (unpaired) electrons. The first-order chi connectivity index (χ1) is 11.5. The van der Waals surface area contributed by atoms with Gasteiger partial charge in [0.1, 0.15) is 17.7 Å². The summed E-state index contributed by atoms with van der Waals surface area (Å²) in [5.74, 6) is -0.111. The summed E-state index contributed by atoms with van der Waals surface area (Å²) in [6, 6.07) is -0.960. The maximum atomic E-state index is 12.3. The molecular formula is C17H30N2O5S. The number of hydrogen-bond donors (Lipinski definition) is 2. The van der Waals surface area contributed by atoms with Crippen molar-refractivity contribution in [1.29, 1.82) is 0 Å². The Morgan fingerprint density at radius 1 is 1.32 bits per heavy atom. The van der Waals surface area contributed by atoms with Crippen molar-refractivity contribution >= 4 is 29.6 Å². The Labute approximate surface area is 154 Å². The molecule has 8 heteroatoms. The minimum absolute atomic E-state index is 0.121. The standard InChI is InChI=1S/C17H30N2O5S/c1-10(8-14-19-13(9-25-14)15(21)23-6)7-12(18-11(2)20)16(22)24-17(3,4)5/h10,12-14,19H,7-9H2,1-6H3,(H,18,20)/t10-,12-,13-,14?/m0/s1. The van der Waals surface area contributed by atoms with Crippen molar-refractivity contribution in [3.63, 3.8) is 0 Å². The molecule has 0 aliphatic carbocycles. The number of nitrogens with one attached hydrogen (secondary N) is 2. The number of hydrogen-bond acceptors (Lipinski definition) is 7. The van der Waals surface area contributed by atoms with Gasteiger partial charge in [-0.25, -0.2) is 4.79 Å². The van der Waals surface area contributed by atoms with Crippen LogP contribution in [0.5, 0.6) is 0 Å². The maximum absolute atomic E-state index is 12.3. The third-order valence-corrected chi connectivity index (χ3v) is 4.92. The number of thioether (sulfide) groups is 1. The van der Waals surface area contributed by atoms with Gasteiger partial charge < -0.3 is 14.8 Å². The lowest BCUT2D eigenvalue weighted by molar-refractivity contribution is -0.159. The van der Waals surface area contributed by atoms with Gasteiger partial charge in [0.25, 0.3) is 0 Å². The molecule has 1 rings (SSSR count). The molecule has 1 aliphatic rings. The number of rotatable bonds is 7. The predicted molar refractivity (Wildman–Crippen MR) is 97.0 cm³/mol. The number of methoxy groups -OCH3 is 1. The third kappa shape index (κ3) is 8.09. The van der Waals surface area contributed by atoms with E-state index in [2.05, 4.69) is 10.6 Å². The Hall–Kier alpha value is -1.28. The Kier molecular flexibility index (Phi) is 8.21. The average Bonchev–Trinajstić information content (AvgIpc) is 2.91. The first-order valence-electron chi connectivity index (χ1n) is 8.47. The number of ether oxygens (including phenoxy) is 2. The fourth-order valence-corrected chi connectivity index (χ4v) is 4.03. The Bertz CT molecular complexity index is 492. The molecule has 1 heterocycles. The smallest absolute Gasteiger partial charge is 0.329 e. The molecule has 2 N–H and O–H groups in total. The lowest BCUT2D eigenvalue weighted by atomic mass is 9.97.